The predicted octanol–water partition coefficient (Wildman–Crippen LogP) is -0.473. The summed E-state index contributed by atoms with van der Waals surface area (Å²) in [6.45, 7) is 0. The van der Waals surface area contributed by atoms with Crippen LogP contribution in [0.25, 0.3) is 0 Å². The molecule has 0 aliphatic heterocycles. The van der Waals surface area contributed by atoms with Gasteiger partial charge in [0.05, 0.1) is 0 Å². The second-order valence-corrected chi connectivity index (χ2v) is 0.758. The van der Waals surface area contributed by atoms with Gasteiger partial charge in [-0.2, -0.15) is 0 Å². The molecule has 0 aliphatic rings. The molecule has 72 valence electrons. The molecule has 0 aliphatic carbocycles. The molecule has 0 aromatic heterocycles. The molecule has 0 saturated carbocycles. The van der Waals surface area contributed by atoms with Crippen molar-refractivity contribution < 1.29 is 35.6 Å². The monoisotopic (exact) mass is 188 g/mol. The molecule has 0 rings (SSSR count). The van der Waals surface area contributed by atoms with Gasteiger partial charge in [0, 0.05) is 0 Å². The van der Waals surface area contributed by atoms with Crippen molar-refractivity contribution in [2.75, 3.05) is 0 Å². The Morgan fingerprint density at radius 1 is 1.00 bits per heavy atom. The summed E-state index contributed by atoms with van der Waals surface area (Å²) in [5.41, 5.74) is 0. The molecule has 0 bridgehead atoms. The van der Waals surface area contributed by atoms with Crippen LogP contribution in [0, 0.1) is 20.2 Å². The maximum atomic E-state index is 8.56. The van der Waals surface area contributed by atoms with E-state index in [9.17, 15) is 0 Å². The van der Waals surface area contributed by atoms with E-state index in [1.54, 1.807) is 0 Å². The van der Waals surface area contributed by atoms with Crippen molar-refractivity contribution in [3.8, 4) is 0 Å². The highest BCUT2D eigenvalue weighted by Crippen LogP contribution is 1.42. The predicted molar refractivity (Wildman–Crippen MR) is 28.2 cm³/mol. The maximum Gasteiger partial charge on any atom is 0.503 e. The van der Waals surface area contributed by atoms with Crippen LogP contribution in [-0.4, -0.2) is 37.0 Å². The number of rotatable bonds is 0. The molecule has 0 spiro atoms. The summed E-state index contributed by atoms with van der Waals surface area (Å²) in [4.78, 5) is 25.3. The second-order valence-electron chi connectivity index (χ2n) is 0.758. The van der Waals surface area contributed by atoms with E-state index in [-0.39, 0.29) is 0 Å². The molecule has 0 radical (unpaired) electrons. The van der Waals surface area contributed by atoms with E-state index >= 15 is 0 Å². The summed E-state index contributed by atoms with van der Waals surface area (Å²) in [7, 11) is 0. The maximum absolute atomic E-state index is 8.56. The Balaban J connectivity index is -0.000000101. The minimum absolute atomic E-state index is 1.50. The number of carboxylic acid groups (broad SMARTS) is 2. The number of hydrogen-bond donors (Lipinski definition) is 4. The van der Waals surface area contributed by atoms with Crippen LogP contribution >= 0.6 is 0 Å². The topological polar surface area (TPSA) is 184 Å². The molecule has 0 fully saturated rings. The Morgan fingerprint density at radius 3 is 1.00 bits per heavy atom. The Hall–Kier alpha value is -2.33. The molecule has 11 nitrogen and oxygen atoms in total. The van der Waals surface area contributed by atoms with Gasteiger partial charge < -0.3 is 20.6 Å². The van der Waals surface area contributed by atoms with Crippen LogP contribution in [0.4, 0.5) is 4.79 Å². The summed E-state index contributed by atoms with van der Waals surface area (Å²) in [6, 6.07) is 0. The zero-order valence-electron chi connectivity index (χ0n) is 5.22. The molecule has 0 heterocycles. The summed E-state index contributed by atoms with van der Waals surface area (Å²) < 4.78 is 0. The minimum Gasteiger partial charge on any atom is -0.450 e. The molecular weight excluding hydrogens is 184 g/mol. The van der Waals surface area contributed by atoms with Gasteiger partial charge in [0.25, 0.3) is 10.2 Å². The molecule has 0 saturated heterocycles. The molecule has 0 aromatic carbocycles. The molecule has 0 aromatic rings. The van der Waals surface area contributed by atoms with Crippen molar-refractivity contribution in [3.63, 3.8) is 0 Å². The van der Waals surface area contributed by atoms with Crippen LogP contribution in [0.1, 0.15) is 0 Å². The van der Waals surface area contributed by atoms with Gasteiger partial charge in [-0.05, 0) is 0 Å². The lowest BCUT2D eigenvalue weighted by atomic mass is 11.5. The van der Waals surface area contributed by atoms with Crippen molar-refractivity contribution >= 4 is 6.16 Å². The molecule has 11 heteroatoms. The lowest BCUT2D eigenvalue weighted by molar-refractivity contribution is -0.742. The third kappa shape index (κ3) is 62.9. The third-order valence-electron chi connectivity index (χ3n) is 0. The zero-order valence-corrected chi connectivity index (χ0v) is 5.22. The smallest absolute Gasteiger partial charge is 0.450 e. The summed E-state index contributed by atoms with van der Waals surface area (Å²) >= 11 is 0. The molecule has 0 unspecified atom stereocenters. The van der Waals surface area contributed by atoms with Crippen LogP contribution in [0.15, 0.2) is 0 Å². The quantitative estimate of drug-likeness (QED) is 0.287. The van der Waals surface area contributed by atoms with Gasteiger partial charge in [0.2, 0.25) is 0 Å². The minimum atomic E-state index is -1.83. The first-order chi connectivity index (χ1) is 5.20. The van der Waals surface area contributed by atoms with Crippen LogP contribution in [0.3, 0.4) is 0 Å². The average molecular weight is 188 g/mol. The van der Waals surface area contributed by atoms with E-state index in [1.807, 2.05) is 0 Å². The van der Waals surface area contributed by atoms with Gasteiger partial charge in [-0.25, -0.2) is 4.79 Å². The van der Waals surface area contributed by atoms with E-state index < -0.39 is 16.3 Å². The van der Waals surface area contributed by atoms with Crippen molar-refractivity contribution in [1.29, 1.82) is 0 Å². The average Bonchev–Trinajstić information content (AvgIpc) is 1.54. The van der Waals surface area contributed by atoms with Gasteiger partial charge in [0.15, 0.2) is 0 Å². The van der Waals surface area contributed by atoms with E-state index in [1.165, 1.54) is 0 Å². The van der Waals surface area contributed by atoms with Crippen LogP contribution in [0.5, 0.6) is 0 Å². The molecule has 4 N–H and O–H groups in total. The molecule has 0 amide bonds. The van der Waals surface area contributed by atoms with Crippen LogP contribution < -0.4 is 0 Å². The fraction of sp³-hybridized carbons (Fsp3) is 0. The third-order valence-corrected chi connectivity index (χ3v) is 0. The number of hydrogen-bond acceptors (Lipinski definition) is 5. The van der Waals surface area contributed by atoms with Crippen LogP contribution in [0.2, 0.25) is 0 Å². The van der Waals surface area contributed by atoms with Gasteiger partial charge in [-0.15, -0.1) is 20.2 Å². The zero-order chi connectivity index (χ0) is 10.7. The summed E-state index contributed by atoms with van der Waals surface area (Å²) in [6.07, 6.45) is -1.83. The van der Waals surface area contributed by atoms with Gasteiger partial charge in [-0.1, -0.05) is 0 Å². The lowest BCUT2D eigenvalue weighted by Gasteiger charge is -1.60. The second kappa shape index (κ2) is 11.5. The molecular formula is CH4N2O9. The first-order valence-electron chi connectivity index (χ1n) is 1.78. The van der Waals surface area contributed by atoms with Gasteiger partial charge in [0.1, 0.15) is 0 Å². The highest BCUT2D eigenvalue weighted by atomic mass is 16.9. The van der Waals surface area contributed by atoms with E-state index in [2.05, 4.69) is 0 Å². The fourth-order valence-electron chi connectivity index (χ4n) is 0. The van der Waals surface area contributed by atoms with Crippen LogP contribution in [-0.2, 0) is 0 Å². The van der Waals surface area contributed by atoms with Crippen molar-refractivity contribution in [2.24, 2.45) is 0 Å². The van der Waals surface area contributed by atoms with E-state index in [0.29, 0.717) is 0 Å². The SMILES string of the molecule is O=C(O)O.O=[N+]([O-])O.O=[N+]([O-])O. The van der Waals surface area contributed by atoms with Gasteiger partial charge in [-0.3, -0.25) is 0 Å². The van der Waals surface area contributed by atoms with Gasteiger partial charge >= 0.3 is 6.16 Å². The highest BCUT2D eigenvalue weighted by molar-refractivity contribution is 5.53. The normalized spacial score (nSPS) is 6.00. The molecule has 0 atom stereocenters. The highest BCUT2D eigenvalue weighted by Gasteiger charge is 1.70. The summed E-state index contributed by atoms with van der Waals surface area (Å²) in [5.74, 6) is 0. The molecule has 12 heavy (non-hydrogen) atoms. The Kier molecular flexibility index (Phi) is 15.6. The lowest BCUT2D eigenvalue weighted by Crippen LogP contribution is -1.81. The standard InChI is InChI=1S/CH2O3.2HNO3/c3*2-1(3)4/h(H2,2,3,4);2*(H,2,3,4). The Bertz CT molecular complexity index is 110. The van der Waals surface area contributed by atoms with Crippen molar-refractivity contribution in [3.05, 3.63) is 20.2 Å². The van der Waals surface area contributed by atoms with E-state index in [4.69, 9.17) is 45.7 Å². The number of carbonyl (C=O) groups is 1. The Morgan fingerprint density at radius 2 is 1.00 bits per heavy atom. The number of nitrogens with zero attached hydrogens (tertiary/aromatic N) is 2. The fourth-order valence-corrected chi connectivity index (χ4v) is 0. The first kappa shape index (κ1) is 16.3. The van der Waals surface area contributed by atoms with Crippen molar-refractivity contribution in [1.82, 2.24) is 0 Å². The first-order valence-corrected chi connectivity index (χ1v) is 1.78. The Labute approximate surface area is 63.3 Å². The summed E-state index contributed by atoms with van der Waals surface area (Å²) in [5, 5.41) is 41.2. The largest absolute Gasteiger partial charge is 0.503 e. The van der Waals surface area contributed by atoms with Crippen molar-refractivity contribution in [2.45, 2.75) is 0 Å². The van der Waals surface area contributed by atoms with E-state index in [0.717, 1.165) is 0 Å².